The van der Waals surface area contributed by atoms with E-state index in [1.165, 1.54) is 83.5 Å². The van der Waals surface area contributed by atoms with Crippen LogP contribution < -0.4 is 0 Å². The standard InChI is InChI=1S/C21H44OSi/c1-5-9-10-11-12-13-14-15-17-20(16-6-2)21(22-23,18-7-3)19-8-4/h15,17,20H,5-14,16,18-19H2,1-4,23H3. The van der Waals surface area contributed by atoms with E-state index in [0.717, 1.165) is 10.5 Å². The van der Waals surface area contributed by atoms with E-state index in [1.807, 2.05) is 0 Å². The summed E-state index contributed by atoms with van der Waals surface area (Å²) in [5, 5.41) is 0. The molecule has 0 rings (SSSR count). The van der Waals surface area contributed by atoms with Crippen molar-refractivity contribution in [3.05, 3.63) is 12.2 Å². The Kier molecular flexibility index (Phi) is 15.4. The zero-order valence-corrected chi connectivity index (χ0v) is 18.8. The second-order valence-corrected chi connectivity index (χ2v) is 7.56. The Morgan fingerprint density at radius 3 is 1.96 bits per heavy atom. The van der Waals surface area contributed by atoms with Gasteiger partial charge >= 0.3 is 0 Å². The summed E-state index contributed by atoms with van der Waals surface area (Å²) in [5.41, 5.74) is 0.128. The third kappa shape index (κ3) is 9.71. The van der Waals surface area contributed by atoms with Gasteiger partial charge in [0.1, 0.15) is 10.5 Å². The Labute approximate surface area is 150 Å². The minimum Gasteiger partial charge on any atom is -0.422 e. The SMILES string of the molecule is CCCCCCCCC=CC(CCC)C(CCC)(CCC)O[SiH3]. The molecular weight excluding hydrogens is 296 g/mol. The molecule has 0 saturated carbocycles. The van der Waals surface area contributed by atoms with Gasteiger partial charge < -0.3 is 4.43 Å². The molecule has 0 aromatic carbocycles. The normalized spacial score (nSPS) is 13.9. The molecule has 0 aliphatic rings. The van der Waals surface area contributed by atoms with Crippen molar-refractivity contribution in [2.45, 2.75) is 117 Å². The average Bonchev–Trinajstić information content (AvgIpc) is 2.56. The molecule has 0 N–H and O–H groups in total. The minimum atomic E-state index is 0.128. The Morgan fingerprint density at radius 1 is 0.826 bits per heavy atom. The van der Waals surface area contributed by atoms with Gasteiger partial charge in [0, 0.05) is 5.92 Å². The Hall–Kier alpha value is -0.0831. The fraction of sp³-hybridized carbons (Fsp3) is 0.905. The summed E-state index contributed by atoms with van der Waals surface area (Å²) in [6.45, 7) is 9.19. The van der Waals surface area contributed by atoms with Gasteiger partial charge in [-0.15, -0.1) is 0 Å². The van der Waals surface area contributed by atoms with Crippen molar-refractivity contribution in [1.29, 1.82) is 0 Å². The van der Waals surface area contributed by atoms with Crippen molar-refractivity contribution < 1.29 is 4.43 Å². The van der Waals surface area contributed by atoms with Gasteiger partial charge in [0.15, 0.2) is 0 Å². The van der Waals surface area contributed by atoms with Crippen LogP contribution in [0.15, 0.2) is 12.2 Å². The lowest BCUT2D eigenvalue weighted by molar-refractivity contribution is 0.0124. The first-order valence-corrected chi connectivity index (χ1v) is 11.2. The van der Waals surface area contributed by atoms with Crippen LogP contribution >= 0.6 is 0 Å². The average molecular weight is 341 g/mol. The van der Waals surface area contributed by atoms with Gasteiger partial charge in [-0.3, -0.25) is 0 Å². The van der Waals surface area contributed by atoms with Gasteiger partial charge in [0.05, 0.1) is 5.60 Å². The highest BCUT2D eigenvalue weighted by atomic mass is 28.2. The summed E-state index contributed by atoms with van der Waals surface area (Å²) in [7, 11) is 0.857. The maximum absolute atomic E-state index is 6.24. The Balaban J connectivity index is 4.47. The first-order chi connectivity index (χ1) is 11.2. The number of unbranched alkanes of at least 4 members (excludes halogenated alkanes) is 6. The smallest absolute Gasteiger partial charge is 0.146 e. The van der Waals surface area contributed by atoms with Gasteiger partial charge in [-0.1, -0.05) is 91.2 Å². The number of hydrogen-bond acceptors (Lipinski definition) is 1. The lowest BCUT2D eigenvalue weighted by Gasteiger charge is -2.39. The summed E-state index contributed by atoms with van der Waals surface area (Å²) < 4.78 is 6.24. The Morgan fingerprint density at radius 2 is 1.43 bits per heavy atom. The second kappa shape index (κ2) is 15.4. The van der Waals surface area contributed by atoms with Crippen molar-refractivity contribution in [2.75, 3.05) is 0 Å². The summed E-state index contributed by atoms with van der Waals surface area (Å²) >= 11 is 0. The van der Waals surface area contributed by atoms with Crippen LogP contribution in [0.1, 0.15) is 111 Å². The molecule has 2 heteroatoms. The molecule has 0 radical (unpaired) electrons. The molecule has 0 spiro atoms. The van der Waals surface area contributed by atoms with Crippen LogP contribution in [0, 0.1) is 5.92 Å². The number of rotatable bonds is 16. The van der Waals surface area contributed by atoms with Crippen molar-refractivity contribution in [1.82, 2.24) is 0 Å². The van der Waals surface area contributed by atoms with Crippen molar-refractivity contribution in [2.24, 2.45) is 5.92 Å². The molecule has 1 nitrogen and oxygen atoms in total. The molecule has 0 saturated heterocycles. The summed E-state index contributed by atoms with van der Waals surface area (Å²) in [6, 6.07) is 0. The molecule has 1 unspecified atom stereocenters. The van der Waals surface area contributed by atoms with E-state index in [2.05, 4.69) is 39.8 Å². The zero-order chi connectivity index (χ0) is 17.4. The van der Waals surface area contributed by atoms with Crippen LogP contribution in [0.5, 0.6) is 0 Å². The molecule has 0 amide bonds. The molecule has 0 fully saturated rings. The van der Waals surface area contributed by atoms with Crippen LogP contribution in [0.2, 0.25) is 0 Å². The quantitative estimate of drug-likeness (QED) is 0.181. The fourth-order valence-electron chi connectivity index (χ4n) is 3.85. The molecule has 0 aromatic rings. The van der Waals surface area contributed by atoms with E-state index < -0.39 is 0 Å². The highest BCUT2D eigenvalue weighted by molar-refractivity contribution is 5.98. The van der Waals surface area contributed by atoms with E-state index in [4.69, 9.17) is 4.43 Å². The second-order valence-electron chi connectivity index (χ2n) is 7.15. The largest absolute Gasteiger partial charge is 0.422 e. The molecule has 0 aromatic heterocycles. The van der Waals surface area contributed by atoms with Crippen molar-refractivity contribution in [3.8, 4) is 0 Å². The van der Waals surface area contributed by atoms with Gasteiger partial charge in [-0.25, -0.2) is 0 Å². The molecule has 0 heterocycles. The van der Waals surface area contributed by atoms with Crippen LogP contribution in [0.4, 0.5) is 0 Å². The van der Waals surface area contributed by atoms with E-state index in [-0.39, 0.29) is 5.60 Å². The monoisotopic (exact) mass is 340 g/mol. The molecule has 0 bridgehead atoms. The van der Waals surface area contributed by atoms with Gasteiger partial charge in [0.2, 0.25) is 0 Å². The predicted octanol–water partition coefficient (Wildman–Crippen LogP) is 6.35. The van der Waals surface area contributed by atoms with Crippen LogP contribution in [0.3, 0.4) is 0 Å². The predicted molar refractivity (Wildman–Crippen MR) is 109 cm³/mol. The lowest BCUT2D eigenvalue weighted by Crippen LogP contribution is -2.39. The zero-order valence-electron chi connectivity index (χ0n) is 16.8. The minimum absolute atomic E-state index is 0.128. The third-order valence-corrected chi connectivity index (χ3v) is 5.93. The number of hydrogen-bond donors (Lipinski definition) is 0. The van der Waals surface area contributed by atoms with Crippen LogP contribution in [0.25, 0.3) is 0 Å². The van der Waals surface area contributed by atoms with E-state index in [0.29, 0.717) is 5.92 Å². The first-order valence-electron chi connectivity index (χ1n) is 10.4. The highest BCUT2D eigenvalue weighted by Gasteiger charge is 2.34. The Bertz CT molecular complexity index is 269. The van der Waals surface area contributed by atoms with Gasteiger partial charge in [-0.2, -0.15) is 0 Å². The maximum Gasteiger partial charge on any atom is 0.146 e. The topological polar surface area (TPSA) is 9.23 Å². The molecule has 1 atom stereocenters. The molecule has 138 valence electrons. The van der Waals surface area contributed by atoms with Crippen LogP contribution in [-0.4, -0.2) is 16.1 Å². The molecular formula is C21H44OSi. The molecule has 0 aliphatic carbocycles. The van der Waals surface area contributed by atoms with Gasteiger partial charge in [0.25, 0.3) is 0 Å². The highest BCUT2D eigenvalue weighted by Crippen LogP contribution is 2.36. The van der Waals surface area contributed by atoms with Crippen molar-refractivity contribution in [3.63, 3.8) is 0 Å². The molecule has 0 aliphatic heterocycles. The van der Waals surface area contributed by atoms with E-state index >= 15 is 0 Å². The maximum atomic E-state index is 6.24. The lowest BCUT2D eigenvalue weighted by atomic mass is 9.77. The van der Waals surface area contributed by atoms with Gasteiger partial charge in [-0.05, 0) is 32.1 Å². The summed E-state index contributed by atoms with van der Waals surface area (Å²) in [6.07, 6.45) is 22.0. The molecule has 23 heavy (non-hydrogen) atoms. The van der Waals surface area contributed by atoms with E-state index in [9.17, 15) is 0 Å². The summed E-state index contributed by atoms with van der Waals surface area (Å²) in [4.78, 5) is 0. The fourth-order valence-corrected chi connectivity index (χ4v) is 4.56. The number of allylic oxidation sites excluding steroid dienone is 1. The van der Waals surface area contributed by atoms with Crippen LogP contribution in [-0.2, 0) is 4.43 Å². The van der Waals surface area contributed by atoms with Crippen molar-refractivity contribution >= 4 is 10.5 Å². The van der Waals surface area contributed by atoms with E-state index in [1.54, 1.807) is 0 Å². The third-order valence-electron chi connectivity index (χ3n) is 5.12. The summed E-state index contributed by atoms with van der Waals surface area (Å²) in [5.74, 6) is 0.616. The first kappa shape index (κ1) is 22.9.